The number of nitrogens with one attached hydrogen (secondary N) is 1. The van der Waals surface area contributed by atoms with Crippen LogP contribution in [0, 0.1) is 6.92 Å². The zero-order valence-electron chi connectivity index (χ0n) is 14.2. The first kappa shape index (κ1) is 19.8. The lowest BCUT2D eigenvalue weighted by atomic mass is 10.1. The molecule has 0 unspecified atom stereocenters. The molecule has 0 aliphatic carbocycles. The van der Waals surface area contributed by atoms with E-state index in [1.165, 1.54) is 18.4 Å². The Balaban J connectivity index is 2.30. The predicted molar refractivity (Wildman–Crippen MR) is 104 cm³/mol. The monoisotopic (exact) mass is 398 g/mol. The maximum atomic E-state index is 12.7. The van der Waals surface area contributed by atoms with E-state index in [1.807, 2.05) is 31.4 Å². The fourth-order valence-corrected chi connectivity index (χ4v) is 3.98. The van der Waals surface area contributed by atoms with Crippen LogP contribution >= 0.6 is 34.7 Å². The Morgan fingerprint density at radius 1 is 1.40 bits per heavy atom. The highest BCUT2D eigenvalue weighted by Crippen LogP contribution is 2.35. The molecule has 1 heterocycles. The Bertz CT molecular complexity index is 764. The standard InChI is InChI=1S/C17H19ClN2O3S2/c1-10-19-14(15(25-10)11-6-4-5-7-12(11)18)16(21)20-13(8-9-24-3)17(22)23-2/h4-7,13H,8-9H2,1-3H3,(H,20,21)/t13-/m1/s1. The summed E-state index contributed by atoms with van der Waals surface area (Å²) in [5, 5.41) is 4.03. The van der Waals surface area contributed by atoms with Crippen molar-refractivity contribution in [1.29, 1.82) is 0 Å². The van der Waals surface area contributed by atoms with Gasteiger partial charge in [-0.15, -0.1) is 11.3 Å². The maximum Gasteiger partial charge on any atom is 0.328 e. The number of aryl methyl sites for hydroxylation is 1. The van der Waals surface area contributed by atoms with E-state index >= 15 is 0 Å². The van der Waals surface area contributed by atoms with Gasteiger partial charge in [0.1, 0.15) is 11.7 Å². The minimum Gasteiger partial charge on any atom is -0.467 e. The molecule has 134 valence electrons. The average molecular weight is 399 g/mol. The second-order valence-electron chi connectivity index (χ2n) is 5.22. The van der Waals surface area contributed by atoms with Gasteiger partial charge in [-0.25, -0.2) is 9.78 Å². The van der Waals surface area contributed by atoms with Crippen molar-refractivity contribution in [2.24, 2.45) is 0 Å². The van der Waals surface area contributed by atoms with E-state index in [9.17, 15) is 9.59 Å². The lowest BCUT2D eigenvalue weighted by Gasteiger charge is -2.15. The van der Waals surface area contributed by atoms with Crippen LogP contribution in [0.5, 0.6) is 0 Å². The van der Waals surface area contributed by atoms with Gasteiger partial charge in [0.2, 0.25) is 0 Å². The first-order chi connectivity index (χ1) is 12.0. The molecule has 1 amide bonds. The summed E-state index contributed by atoms with van der Waals surface area (Å²) in [5.41, 5.74) is 1.02. The molecule has 2 rings (SSSR count). The number of hydrogen-bond donors (Lipinski definition) is 1. The van der Waals surface area contributed by atoms with Crippen LogP contribution in [0.2, 0.25) is 5.02 Å². The summed E-state index contributed by atoms with van der Waals surface area (Å²) < 4.78 is 4.78. The number of halogens is 1. The Hall–Kier alpha value is -1.57. The van der Waals surface area contributed by atoms with Crippen molar-refractivity contribution in [3.05, 3.63) is 40.0 Å². The van der Waals surface area contributed by atoms with Crippen LogP contribution in [0.3, 0.4) is 0 Å². The molecule has 0 fully saturated rings. The second kappa shape index (κ2) is 9.22. The topological polar surface area (TPSA) is 68.3 Å². The van der Waals surface area contributed by atoms with Gasteiger partial charge in [-0.2, -0.15) is 11.8 Å². The van der Waals surface area contributed by atoms with E-state index in [1.54, 1.807) is 17.8 Å². The van der Waals surface area contributed by atoms with Crippen molar-refractivity contribution in [2.45, 2.75) is 19.4 Å². The molecule has 8 heteroatoms. The highest BCUT2D eigenvalue weighted by Gasteiger charge is 2.26. The molecule has 25 heavy (non-hydrogen) atoms. The van der Waals surface area contributed by atoms with Crippen LogP contribution in [0.25, 0.3) is 10.4 Å². The number of benzene rings is 1. The number of aromatic nitrogens is 1. The second-order valence-corrected chi connectivity index (χ2v) is 7.82. The largest absolute Gasteiger partial charge is 0.467 e. The minimum atomic E-state index is -0.703. The Morgan fingerprint density at radius 2 is 2.12 bits per heavy atom. The number of carbonyl (C=O) groups excluding carboxylic acids is 2. The van der Waals surface area contributed by atoms with Gasteiger partial charge in [0.25, 0.3) is 5.91 Å². The van der Waals surface area contributed by atoms with Gasteiger partial charge in [0.05, 0.1) is 17.0 Å². The summed E-state index contributed by atoms with van der Waals surface area (Å²) in [7, 11) is 1.31. The van der Waals surface area contributed by atoms with Crippen molar-refractivity contribution in [2.75, 3.05) is 19.1 Å². The van der Waals surface area contributed by atoms with E-state index in [4.69, 9.17) is 16.3 Å². The Kier molecular flexibility index (Phi) is 7.28. The SMILES string of the molecule is COC(=O)[C@@H](CCSC)NC(=O)c1nc(C)sc1-c1ccccc1Cl. The molecule has 0 saturated heterocycles. The van der Waals surface area contributed by atoms with Gasteiger partial charge < -0.3 is 10.1 Å². The lowest BCUT2D eigenvalue weighted by molar-refractivity contribution is -0.142. The molecule has 0 aliphatic rings. The molecule has 5 nitrogen and oxygen atoms in total. The molecule has 0 saturated carbocycles. The molecule has 0 bridgehead atoms. The predicted octanol–water partition coefficient (Wildman–Crippen LogP) is 3.80. The number of methoxy groups -OCH3 is 1. The van der Waals surface area contributed by atoms with Crippen molar-refractivity contribution in [3.8, 4) is 10.4 Å². The molecule has 0 spiro atoms. The smallest absolute Gasteiger partial charge is 0.328 e. The highest BCUT2D eigenvalue weighted by molar-refractivity contribution is 7.98. The van der Waals surface area contributed by atoms with E-state index in [2.05, 4.69) is 10.3 Å². The third-order valence-corrected chi connectivity index (χ3v) is 5.45. The molecule has 1 aromatic carbocycles. The number of nitrogens with zero attached hydrogens (tertiary/aromatic N) is 1. The van der Waals surface area contributed by atoms with Crippen molar-refractivity contribution >= 4 is 46.6 Å². The Morgan fingerprint density at radius 3 is 2.76 bits per heavy atom. The normalized spacial score (nSPS) is 11.8. The number of esters is 1. The summed E-state index contributed by atoms with van der Waals surface area (Å²) >= 11 is 9.25. The fourth-order valence-electron chi connectivity index (χ4n) is 2.26. The van der Waals surface area contributed by atoms with E-state index in [0.717, 1.165) is 16.3 Å². The summed E-state index contributed by atoms with van der Waals surface area (Å²) in [6.45, 7) is 1.83. The summed E-state index contributed by atoms with van der Waals surface area (Å²) in [6, 6.07) is 6.59. The first-order valence-electron chi connectivity index (χ1n) is 7.57. The number of ether oxygens (including phenoxy) is 1. The van der Waals surface area contributed by atoms with Gasteiger partial charge in [-0.1, -0.05) is 29.8 Å². The molecular formula is C17H19ClN2O3S2. The number of amides is 1. The maximum absolute atomic E-state index is 12.7. The molecule has 0 radical (unpaired) electrons. The number of thiazole rings is 1. The third-order valence-electron chi connectivity index (χ3n) is 3.47. The summed E-state index contributed by atoms with van der Waals surface area (Å²) in [6.07, 6.45) is 2.43. The average Bonchev–Trinajstić information content (AvgIpc) is 2.99. The molecule has 2 aromatic rings. The number of carbonyl (C=O) groups is 2. The molecule has 0 aliphatic heterocycles. The number of rotatable bonds is 7. The quantitative estimate of drug-likeness (QED) is 0.718. The lowest BCUT2D eigenvalue weighted by Crippen LogP contribution is -2.42. The van der Waals surface area contributed by atoms with Crippen LogP contribution in [0.1, 0.15) is 21.9 Å². The van der Waals surface area contributed by atoms with Crippen LogP contribution < -0.4 is 5.32 Å². The van der Waals surface area contributed by atoms with Crippen LogP contribution in [0.4, 0.5) is 0 Å². The molecule has 1 atom stereocenters. The van der Waals surface area contributed by atoms with E-state index < -0.39 is 17.9 Å². The zero-order valence-corrected chi connectivity index (χ0v) is 16.6. The van der Waals surface area contributed by atoms with Gasteiger partial charge in [-0.05, 0) is 31.4 Å². The molecule has 1 aromatic heterocycles. The van der Waals surface area contributed by atoms with Gasteiger partial charge >= 0.3 is 5.97 Å². The van der Waals surface area contributed by atoms with Gasteiger partial charge in [0.15, 0.2) is 0 Å². The van der Waals surface area contributed by atoms with Crippen LogP contribution in [0.15, 0.2) is 24.3 Å². The van der Waals surface area contributed by atoms with Crippen LogP contribution in [-0.4, -0.2) is 42.0 Å². The first-order valence-corrected chi connectivity index (χ1v) is 10.2. The van der Waals surface area contributed by atoms with Gasteiger partial charge in [-0.3, -0.25) is 4.79 Å². The van der Waals surface area contributed by atoms with Crippen molar-refractivity contribution in [3.63, 3.8) is 0 Å². The highest BCUT2D eigenvalue weighted by atomic mass is 35.5. The summed E-state index contributed by atoms with van der Waals surface area (Å²) in [4.78, 5) is 29.7. The Labute approximate surface area is 160 Å². The minimum absolute atomic E-state index is 0.272. The summed E-state index contributed by atoms with van der Waals surface area (Å²) in [5.74, 6) is -0.141. The number of hydrogen-bond acceptors (Lipinski definition) is 6. The zero-order chi connectivity index (χ0) is 18.4. The van der Waals surface area contributed by atoms with Crippen LogP contribution in [-0.2, 0) is 9.53 Å². The molecule has 1 N–H and O–H groups in total. The van der Waals surface area contributed by atoms with Crippen molar-refractivity contribution < 1.29 is 14.3 Å². The van der Waals surface area contributed by atoms with Crippen molar-refractivity contribution in [1.82, 2.24) is 10.3 Å². The van der Waals surface area contributed by atoms with E-state index in [0.29, 0.717) is 16.3 Å². The fraction of sp³-hybridized carbons (Fsp3) is 0.353. The molecular weight excluding hydrogens is 380 g/mol. The third kappa shape index (κ3) is 4.96. The van der Waals surface area contributed by atoms with E-state index in [-0.39, 0.29) is 5.69 Å². The van der Waals surface area contributed by atoms with Gasteiger partial charge in [0, 0.05) is 10.6 Å². The number of thioether (sulfide) groups is 1.